The van der Waals surface area contributed by atoms with Crippen molar-refractivity contribution in [2.75, 3.05) is 18.4 Å². The Hall–Kier alpha value is -2.03. The van der Waals surface area contributed by atoms with Crippen molar-refractivity contribution in [2.45, 2.75) is 19.4 Å². The standard InChI is InChI=1S/C18H23N3/c1-14-7-5-6-8-15(14)13-17(18-19-11-12-20-18)21-16-9-3-2-4-10-16/h2-10,14-15,17,21H,11-13H2,1H3,(H,19,20). The van der Waals surface area contributed by atoms with Crippen molar-refractivity contribution in [3.63, 3.8) is 0 Å². The molecule has 2 N–H and O–H groups in total. The van der Waals surface area contributed by atoms with Gasteiger partial charge in [-0.3, -0.25) is 4.99 Å². The zero-order valence-electron chi connectivity index (χ0n) is 12.5. The van der Waals surface area contributed by atoms with Gasteiger partial charge in [-0.05, 0) is 30.4 Å². The molecule has 3 rings (SSSR count). The molecule has 0 spiro atoms. The van der Waals surface area contributed by atoms with Crippen LogP contribution in [0, 0.1) is 11.8 Å². The first-order chi connectivity index (χ1) is 10.3. The van der Waals surface area contributed by atoms with E-state index in [9.17, 15) is 0 Å². The molecule has 110 valence electrons. The zero-order valence-corrected chi connectivity index (χ0v) is 12.5. The van der Waals surface area contributed by atoms with Crippen LogP contribution in [-0.4, -0.2) is 25.0 Å². The summed E-state index contributed by atoms with van der Waals surface area (Å²) in [5.74, 6) is 2.24. The summed E-state index contributed by atoms with van der Waals surface area (Å²) in [5.41, 5.74) is 1.15. The van der Waals surface area contributed by atoms with E-state index in [0.717, 1.165) is 31.0 Å². The van der Waals surface area contributed by atoms with Crippen molar-refractivity contribution in [3.05, 3.63) is 54.6 Å². The second-order valence-electron chi connectivity index (χ2n) is 5.79. The predicted octanol–water partition coefficient (Wildman–Crippen LogP) is 3.24. The highest BCUT2D eigenvalue weighted by Gasteiger charge is 2.24. The number of rotatable bonds is 5. The third kappa shape index (κ3) is 3.54. The molecule has 1 heterocycles. The highest BCUT2D eigenvalue weighted by Crippen LogP contribution is 2.25. The number of amidine groups is 1. The summed E-state index contributed by atoms with van der Waals surface area (Å²) in [6.07, 6.45) is 9.97. The summed E-state index contributed by atoms with van der Waals surface area (Å²) in [7, 11) is 0. The maximum atomic E-state index is 4.62. The van der Waals surface area contributed by atoms with E-state index in [2.05, 4.69) is 71.1 Å². The van der Waals surface area contributed by atoms with Gasteiger partial charge in [0.15, 0.2) is 0 Å². The number of para-hydroxylation sites is 1. The molecule has 1 aliphatic carbocycles. The average molecular weight is 281 g/mol. The zero-order chi connectivity index (χ0) is 14.5. The monoisotopic (exact) mass is 281 g/mol. The van der Waals surface area contributed by atoms with E-state index in [0.29, 0.717) is 11.8 Å². The van der Waals surface area contributed by atoms with Gasteiger partial charge in [0.25, 0.3) is 0 Å². The first kappa shape index (κ1) is 13.9. The van der Waals surface area contributed by atoms with E-state index in [4.69, 9.17) is 0 Å². The molecule has 3 nitrogen and oxygen atoms in total. The van der Waals surface area contributed by atoms with E-state index >= 15 is 0 Å². The Bertz CT molecular complexity index is 545. The molecule has 1 aromatic rings. The topological polar surface area (TPSA) is 36.4 Å². The molecule has 0 amide bonds. The van der Waals surface area contributed by atoms with Gasteiger partial charge in [0.2, 0.25) is 0 Å². The molecule has 2 aliphatic rings. The maximum absolute atomic E-state index is 4.62. The lowest BCUT2D eigenvalue weighted by Gasteiger charge is -2.27. The van der Waals surface area contributed by atoms with Crippen LogP contribution in [0.4, 0.5) is 5.69 Å². The Labute approximate surface area is 126 Å². The van der Waals surface area contributed by atoms with Crippen LogP contribution in [0.3, 0.4) is 0 Å². The van der Waals surface area contributed by atoms with E-state index in [1.807, 2.05) is 6.07 Å². The summed E-state index contributed by atoms with van der Waals surface area (Å²) in [6.45, 7) is 4.13. The van der Waals surface area contributed by atoms with Crippen LogP contribution < -0.4 is 10.6 Å². The van der Waals surface area contributed by atoms with Gasteiger partial charge in [0.05, 0.1) is 12.6 Å². The van der Waals surface area contributed by atoms with Crippen LogP contribution in [0.5, 0.6) is 0 Å². The molecule has 1 aliphatic heterocycles. The largest absolute Gasteiger partial charge is 0.375 e. The highest BCUT2D eigenvalue weighted by molar-refractivity contribution is 5.91. The van der Waals surface area contributed by atoms with E-state index in [-0.39, 0.29) is 6.04 Å². The van der Waals surface area contributed by atoms with Crippen molar-refractivity contribution < 1.29 is 0 Å². The van der Waals surface area contributed by atoms with Crippen LogP contribution in [0.25, 0.3) is 0 Å². The summed E-state index contributed by atoms with van der Waals surface area (Å²) >= 11 is 0. The molecular weight excluding hydrogens is 258 g/mol. The van der Waals surface area contributed by atoms with Gasteiger partial charge < -0.3 is 10.6 Å². The van der Waals surface area contributed by atoms with Crippen molar-refractivity contribution in [1.29, 1.82) is 0 Å². The molecule has 0 aromatic heterocycles. The van der Waals surface area contributed by atoms with E-state index in [1.165, 1.54) is 0 Å². The second kappa shape index (κ2) is 6.61. The summed E-state index contributed by atoms with van der Waals surface area (Å²) < 4.78 is 0. The molecular formula is C18H23N3. The Morgan fingerprint density at radius 2 is 2.05 bits per heavy atom. The first-order valence-electron chi connectivity index (χ1n) is 7.78. The van der Waals surface area contributed by atoms with E-state index in [1.54, 1.807) is 0 Å². The molecule has 21 heavy (non-hydrogen) atoms. The molecule has 1 aromatic carbocycles. The fourth-order valence-electron chi connectivity index (χ4n) is 2.95. The smallest absolute Gasteiger partial charge is 0.119 e. The first-order valence-corrected chi connectivity index (χ1v) is 7.78. The number of allylic oxidation sites excluding steroid dienone is 4. The third-order valence-electron chi connectivity index (χ3n) is 4.21. The van der Waals surface area contributed by atoms with Crippen LogP contribution in [0.15, 0.2) is 59.6 Å². The number of nitrogens with zero attached hydrogens (tertiary/aromatic N) is 1. The maximum Gasteiger partial charge on any atom is 0.119 e. The number of hydrogen-bond donors (Lipinski definition) is 2. The fourth-order valence-corrected chi connectivity index (χ4v) is 2.95. The van der Waals surface area contributed by atoms with Crippen LogP contribution in [0.2, 0.25) is 0 Å². The Morgan fingerprint density at radius 3 is 2.76 bits per heavy atom. The Kier molecular flexibility index (Phi) is 4.39. The van der Waals surface area contributed by atoms with Crippen molar-refractivity contribution in [2.24, 2.45) is 16.8 Å². The van der Waals surface area contributed by atoms with Gasteiger partial charge in [-0.1, -0.05) is 49.4 Å². The van der Waals surface area contributed by atoms with Crippen molar-refractivity contribution in [3.8, 4) is 0 Å². The predicted molar refractivity (Wildman–Crippen MR) is 89.7 cm³/mol. The molecule has 0 bridgehead atoms. The minimum absolute atomic E-state index is 0.249. The van der Waals surface area contributed by atoms with Gasteiger partial charge >= 0.3 is 0 Å². The van der Waals surface area contributed by atoms with E-state index < -0.39 is 0 Å². The molecule has 3 atom stereocenters. The molecule has 0 saturated heterocycles. The minimum Gasteiger partial charge on any atom is -0.375 e. The molecule has 3 heteroatoms. The number of hydrogen-bond acceptors (Lipinski definition) is 3. The lowest BCUT2D eigenvalue weighted by atomic mass is 9.84. The molecule has 0 radical (unpaired) electrons. The van der Waals surface area contributed by atoms with Gasteiger partial charge in [-0.2, -0.15) is 0 Å². The molecule has 0 saturated carbocycles. The quantitative estimate of drug-likeness (QED) is 0.869. The highest BCUT2D eigenvalue weighted by atomic mass is 15.1. The SMILES string of the molecule is CC1C=CC=CC1CC(Nc1ccccc1)C1=NCCN1. The average Bonchev–Trinajstić information content (AvgIpc) is 3.04. The lowest BCUT2D eigenvalue weighted by molar-refractivity contribution is 0.465. The van der Waals surface area contributed by atoms with Gasteiger partial charge in [-0.25, -0.2) is 0 Å². The van der Waals surface area contributed by atoms with Gasteiger partial charge in [0.1, 0.15) is 5.84 Å². The minimum atomic E-state index is 0.249. The van der Waals surface area contributed by atoms with Crippen LogP contribution in [-0.2, 0) is 0 Å². The van der Waals surface area contributed by atoms with Crippen molar-refractivity contribution >= 4 is 11.5 Å². The van der Waals surface area contributed by atoms with Crippen LogP contribution >= 0.6 is 0 Å². The number of benzene rings is 1. The summed E-state index contributed by atoms with van der Waals surface area (Å²) in [6, 6.07) is 10.6. The summed E-state index contributed by atoms with van der Waals surface area (Å²) in [4.78, 5) is 4.62. The lowest BCUT2D eigenvalue weighted by Crippen LogP contribution is -2.39. The number of anilines is 1. The summed E-state index contributed by atoms with van der Waals surface area (Å²) in [5, 5.41) is 7.06. The van der Waals surface area contributed by atoms with Gasteiger partial charge in [-0.15, -0.1) is 0 Å². The Balaban J connectivity index is 1.73. The normalized spacial score (nSPS) is 25.3. The second-order valence-corrected chi connectivity index (χ2v) is 5.79. The number of nitrogens with one attached hydrogen (secondary N) is 2. The van der Waals surface area contributed by atoms with Crippen LogP contribution in [0.1, 0.15) is 13.3 Å². The van der Waals surface area contributed by atoms with Gasteiger partial charge in [0, 0.05) is 12.2 Å². The fraction of sp³-hybridized carbons (Fsp3) is 0.389. The van der Waals surface area contributed by atoms with Crippen molar-refractivity contribution in [1.82, 2.24) is 5.32 Å². The Morgan fingerprint density at radius 1 is 1.24 bits per heavy atom. The molecule has 0 fully saturated rings. The molecule has 3 unspecified atom stereocenters. The third-order valence-corrected chi connectivity index (χ3v) is 4.21. The number of aliphatic imine (C=N–C) groups is 1.